The molecule has 0 saturated heterocycles. The Bertz CT molecular complexity index is 355. The maximum atomic E-state index is 6.19. The molecular weight excluding hydrogens is 236 g/mol. The van der Waals surface area contributed by atoms with E-state index in [1.165, 1.54) is 24.8 Å². The Labute approximate surface area is 116 Å². The van der Waals surface area contributed by atoms with Gasteiger partial charge >= 0.3 is 0 Å². The van der Waals surface area contributed by atoms with Crippen LogP contribution in [0.4, 0.5) is 0 Å². The van der Waals surface area contributed by atoms with Gasteiger partial charge in [0, 0.05) is 19.2 Å². The molecule has 3 heteroatoms. The zero-order valence-electron chi connectivity index (χ0n) is 11.8. The highest BCUT2D eigenvalue weighted by molar-refractivity contribution is 5.18. The molecule has 0 radical (unpaired) electrons. The summed E-state index contributed by atoms with van der Waals surface area (Å²) in [6.45, 7) is 1.03. The van der Waals surface area contributed by atoms with Crippen molar-refractivity contribution >= 4 is 0 Å². The molecule has 19 heavy (non-hydrogen) atoms. The lowest BCUT2D eigenvalue weighted by molar-refractivity contribution is 0.0851. The van der Waals surface area contributed by atoms with Crippen LogP contribution in [0.5, 0.6) is 0 Å². The predicted octanol–water partition coefficient (Wildman–Crippen LogP) is 2.62. The summed E-state index contributed by atoms with van der Waals surface area (Å²) in [4.78, 5) is 0. The standard InChI is InChI=1S/C16H26N2O/c1-19-16-11-5-10-15(16)18-12-6-9-14(17)13-7-3-2-4-8-13/h2-4,7-8,14-16,18H,5-6,9-12,17H2,1H3. The smallest absolute Gasteiger partial charge is 0.0724 e. The van der Waals surface area contributed by atoms with Gasteiger partial charge in [-0.25, -0.2) is 0 Å². The van der Waals surface area contributed by atoms with Crippen LogP contribution in [0.3, 0.4) is 0 Å². The third-order valence-electron chi connectivity index (χ3n) is 4.08. The van der Waals surface area contributed by atoms with Gasteiger partial charge in [-0.1, -0.05) is 30.3 Å². The maximum Gasteiger partial charge on any atom is 0.0724 e. The van der Waals surface area contributed by atoms with E-state index in [2.05, 4.69) is 29.6 Å². The van der Waals surface area contributed by atoms with Crippen LogP contribution in [0, 0.1) is 0 Å². The zero-order chi connectivity index (χ0) is 13.5. The summed E-state index contributed by atoms with van der Waals surface area (Å²) in [5.74, 6) is 0. The summed E-state index contributed by atoms with van der Waals surface area (Å²) >= 11 is 0. The first-order chi connectivity index (χ1) is 9.31. The Kier molecular flexibility index (Phi) is 5.83. The van der Waals surface area contributed by atoms with Crippen LogP contribution in [0.2, 0.25) is 0 Å². The van der Waals surface area contributed by atoms with Gasteiger partial charge in [0.15, 0.2) is 0 Å². The SMILES string of the molecule is COC1CCCC1NCCCC(N)c1ccccc1. The van der Waals surface area contributed by atoms with Gasteiger partial charge in [-0.3, -0.25) is 0 Å². The Hall–Kier alpha value is -0.900. The fraction of sp³-hybridized carbons (Fsp3) is 0.625. The van der Waals surface area contributed by atoms with Crippen molar-refractivity contribution in [3.05, 3.63) is 35.9 Å². The van der Waals surface area contributed by atoms with Crippen LogP contribution in [0.15, 0.2) is 30.3 Å². The van der Waals surface area contributed by atoms with Crippen LogP contribution >= 0.6 is 0 Å². The number of hydrogen-bond donors (Lipinski definition) is 2. The van der Waals surface area contributed by atoms with Crippen molar-refractivity contribution in [3.8, 4) is 0 Å². The third-order valence-corrected chi connectivity index (χ3v) is 4.08. The number of hydrogen-bond acceptors (Lipinski definition) is 3. The number of benzene rings is 1. The highest BCUT2D eigenvalue weighted by Crippen LogP contribution is 2.21. The molecule has 3 nitrogen and oxygen atoms in total. The quantitative estimate of drug-likeness (QED) is 0.743. The normalized spacial score (nSPS) is 24.5. The highest BCUT2D eigenvalue weighted by Gasteiger charge is 2.26. The molecule has 1 aromatic carbocycles. The molecule has 0 heterocycles. The van der Waals surface area contributed by atoms with Gasteiger partial charge in [0.25, 0.3) is 0 Å². The van der Waals surface area contributed by atoms with E-state index in [4.69, 9.17) is 10.5 Å². The van der Waals surface area contributed by atoms with Crippen LogP contribution in [0.1, 0.15) is 43.7 Å². The van der Waals surface area contributed by atoms with E-state index in [9.17, 15) is 0 Å². The van der Waals surface area contributed by atoms with Crippen molar-refractivity contribution < 1.29 is 4.74 Å². The van der Waals surface area contributed by atoms with E-state index in [-0.39, 0.29) is 6.04 Å². The molecule has 2 rings (SSSR count). The minimum Gasteiger partial charge on any atom is -0.380 e. The molecule has 0 spiro atoms. The molecule has 3 N–H and O–H groups in total. The predicted molar refractivity (Wildman–Crippen MR) is 79.0 cm³/mol. The summed E-state index contributed by atoms with van der Waals surface area (Å²) < 4.78 is 5.48. The molecule has 1 aliphatic carbocycles. The maximum absolute atomic E-state index is 6.19. The van der Waals surface area contributed by atoms with Crippen LogP contribution < -0.4 is 11.1 Å². The first-order valence-electron chi connectivity index (χ1n) is 7.38. The van der Waals surface area contributed by atoms with Gasteiger partial charge in [-0.05, 0) is 44.2 Å². The van der Waals surface area contributed by atoms with E-state index in [0.717, 1.165) is 19.4 Å². The fourth-order valence-electron chi connectivity index (χ4n) is 2.92. The van der Waals surface area contributed by atoms with Crippen LogP contribution in [0.25, 0.3) is 0 Å². The molecule has 1 fully saturated rings. The fourth-order valence-corrected chi connectivity index (χ4v) is 2.92. The summed E-state index contributed by atoms with van der Waals surface area (Å²) in [7, 11) is 1.82. The molecule has 1 saturated carbocycles. The Balaban J connectivity index is 1.64. The van der Waals surface area contributed by atoms with Gasteiger partial charge in [-0.15, -0.1) is 0 Å². The van der Waals surface area contributed by atoms with Gasteiger partial charge in [0.2, 0.25) is 0 Å². The third kappa shape index (κ3) is 4.30. The second-order valence-electron chi connectivity index (χ2n) is 5.43. The largest absolute Gasteiger partial charge is 0.380 e. The van der Waals surface area contributed by atoms with E-state index >= 15 is 0 Å². The van der Waals surface area contributed by atoms with Crippen molar-refractivity contribution in [1.29, 1.82) is 0 Å². The van der Waals surface area contributed by atoms with Gasteiger partial charge < -0.3 is 15.8 Å². The highest BCUT2D eigenvalue weighted by atomic mass is 16.5. The van der Waals surface area contributed by atoms with Crippen molar-refractivity contribution in [3.63, 3.8) is 0 Å². The molecule has 106 valence electrons. The minimum absolute atomic E-state index is 0.157. The molecule has 0 amide bonds. The second-order valence-corrected chi connectivity index (χ2v) is 5.43. The molecule has 0 aromatic heterocycles. The summed E-state index contributed by atoms with van der Waals surface area (Å²) in [6, 6.07) is 11.0. The van der Waals surface area contributed by atoms with Crippen LogP contribution in [-0.4, -0.2) is 25.8 Å². The lowest BCUT2D eigenvalue weighted by Gasteiger charge is -2.20. The molecule has 3 unspecified atom stereocenters. The summed E-state index contributed by atoms with van der Waals surface area (Å²) in [5, 5.41) is 3.61. The number of nitrogens with two attached hydrogens (primary N) is 1. The number of nitrogens with one attached hydrogen (secondary N) is 1. The lowest BCUT2D eigenvalue weighted by atomic mass is 10.0. The van der Waals surface area contributed by atoms with E-state index in [0.29, 0.717) is 12.1 Å². The lowest BCUT2D eigenvalue weighted by Crippen LogP contribution is -2.37. The van der Waals surface area contributed by atoms with Gasteiger partial charge in [-0.2, -0.15) is 0 Å². The van der Waals surface area contributed by atoms with E-state index in [1.807, 2.05) is 13.2 Å². The second kappa shape index (κ2) is 7.63. The topological polar surface area (TPSA) is 47.3 Å². The Morgan fingerprint density at radius 1 is 1.32 bits per heavy atom. The van der Waals surface area contributed by atoms with Crippen molar-refractivity contribution in [2.75, 3.05) is 13.7 Å². The molecule has 0 bridgehead atoms. The number of rotatable bonds is 7. The van der Waals surface area contributed by atoms with Crippen molar-refractivity contribution in [2.45, 2.75) is 50.3 Å². The average Bonchev–Trinajstić information content (AvgIpc) is 2.91. The molecule has 1 aliphatic rings. The molecule has 3 atom stereocenters. The summed E-state index contributed by atoms with van der Waals surface area (Å²) in [6.07, 6.45) is 6.26. The first-order valence-corrected chi connectivity index (χ1v) is 7.38. The first kappa shape index (κ1) is 14.5. The van der Waals surface area contributed by atoms with Gasteiger partial charge in [0.1, 0.15) is 0 Å². The van der Waals surface area contributed by atoms with E-state index < -0.39 is 0 Å². The number of ether oxygens (including phenoxy) is 1. The van der Waals surface area contributed by atoms with Crippen molar-refractivity contribution in [2.24, 2.45) is 5.73 Å². The van der Waals surface area contributed by atoms with Crippen molar-refractivity contribution in [1.82, 2.24) is 5.32 Å². The average molecular weight is 262 g/mol. The Morgan fingerprint density at radius 2 is 2.11 bits per heavy atom. The zero-order valence-corrected chi connectivity index (χ0v) is 11.8. The van der Waals surface area contributed by atoms with Gasteiger partial charge in [0.05, 0.1) is 6.10 Å². The van der Waals surface area contributed by atoms with Crippen LogP contribution in [-0.2, 0) is 4.74 Å². The monoisotopic (exact) mass is 262 g/mol. The molecule has 1 aromatic rings. The molecule has 0 aliphatic heterocycles. The number of methoxy groups -OCH3 is 1. The molecular formula is C16H26N2O. The summed E-state index contributed by atoms with van der Waals surface area (Å²) in [5.41, 5.74) is 7.42. The van der Waals surface area contributed by atoms with E-state index in [1.54, 1.807) is 0 Å². The minimum atomic E-state index is 0.157. The Morgan fingerprint density at radius 3 is 2.84 bits per heavy atom.